The van der Waals surface area contributed by atoms with Gasteiger partial charge < -0.3 is 14.9 Å². The number of hydrogen-bond donors (Lipinski definition) is 2. The van der Waals surface area contributed by atoms with Crippen molar-refractivity contribution in [2.24, 2.45) is 5.92 Å². The zero-order chi connectivity index (χ0) is 20.5. The minimum absolute atomic E-state index is 0.532. The van der Waals surface area contributed by atoms with Gasteiger partial charge in [0.15, 0.2) is 5.75 Å². The van der Waals surface area contributed by atoms with Gasteiger partial charge >= 0.3 is 5.97 Å². The molecule has 1 fully saturated rings. The molecule has 148 valence electrons. The van der Waals surface area contributed by atoms with Gasteiger partial charge in [0.1, 0.15) is 5.75 Å². The Bertz CT molecular complexity index is 1150. The summed E-state index contributed by atoms with van der Waals surface area (Å²) >= 11 is 0. The largest absolute Gasteiger partial charge is 0.503 e. The number of ether oxygens (including phenoxy) is 1. The van der Waals surface area contributed by atoms with Crippen LogP contribution in [-0.2, 0) is 0 Å². The average Bonchev–Trinajstić information content (AvgIpc) is 3.52. The quantitative estimate of drug-likeness (QED) is 0.667. The van der Waals surface area contributed by atoms with Crippen LogP contribution < -0.4 is 10.2 Å². The molecule has 0 saturated heterocycles. The lowest BCUT2D eigenvalue weighted by Gasteiger charge is -2.14. The number of hydrogen-bond acceptors (Lipinski definition) is 5. The number of para-hydroxylation sites is 1. The van der Waals surface area contributed by atoms with E-state index >= 15 is 0 Å². The Hall–Kier alpha value is -3.61. The molecular weight excluding hydrogens is 372 g/mol. The van der Waals surface area contributed by atoms with E-state index in [1.807, 2.05) is 37.3 Å². The molecular formula is C22H20N2O5. The van der Waals surface area contributed by atoms with E-state index in [0.29, 0.717) is 18.2 Å². The van der Waals surface area contributed by atoms with E-state index in [2.05, 4.69) is 5.10 Å². The Kier molecular flexibility index (Phi) is 4.80. The smallest absolute Gasteiger partial charge is 0.360 e. The topological polar surface area (TPSA) is 102 Å². The maximum Gasteiger partial charge on any atom is 0.360 e. The number of rotatable bonds is 6. The first-order valence-corrected chi connectivity index (χ1v) is 9.33. The summed E-state index contributed by atoms with van der Waals surface area (Å²) in [6, 6.07) is 13.1. The first kappa shape index (κ1) is 18.7. The number of carboxylic acids is 1. The van der Waals surface area contributed by atoms with Gasteiger partial charge in [-0.25, -0.2) is 9.48 Å². The van der Waals surface area contributed by atoms with Crippen molar-refractivity contribution in [2.75, 3.05) is 6.61 Å². The Balaban J connectivity index is 1.80. The fourth-order valence-electron chi connectivity index (χ4n) is 3.14. The number of nitrogens with zero attached hydrogens (tertiary/aromatic N) is 2. The molecule has 2 N–H and O–H groups in total. The summed E-state index contributed by atoms with van der Waals surface area (Å²) in [5.74, 6) is -0.772. The summed E-state index contributed by atoms with van der Waals surface area (Å²) in [6.45, 7) is 2.67. The van der Waals surface area contributed by atoms with Crippen LogP contribution in [0.2, 0.25) is 0 Å². The van der Waals surface area contributed by atoms with Crippen molar-refractivity contribution in [3.05, 3.63) is 70.1 Å². The summed E-state index contributed by atoms with van der Waals surface area (Å²) in [4.78, 5) is 23.2. The van der Waals surface area contributed by atoms with Gasteiger partial charge in [0, 0.05) is 5.56 Å². The number of aromatic carboxylic acids is 1. The van der Waals surface area contributed by atoms with Crippen molar-refractivity contribution < 1.29 is 19.7 Å². The lowest BCUT2D eigenvalue weighted by Crippen LogP contribution is -2.21. The van der Waals surface area contributed by atoms with Crippen molar-refractivity contribution in [2.45, 2.75) is 19.8 Å². The molecule has 0 aliphatic heterocycles. The second kappa shape index (κ2) is 7.43. The van der Waals surface area contributed by atoms with Gasteiger partial charge in [-0.15, -0.1) is 0 Å². The van der Waals surface area contributed by atoms with Crippen LogP contribution in [0.1, 0.15) is 28.9 Å². The van der Waals surface area contributed by atoms with E-state index in [1.165, 1.54) is 17.5 Å². The minimum Gasteiger partial charge on any atom is -0.503 e. The van der Waals surface area contributed by atoms with Crippen molar-refractivity contribution in [3.63, 3.8) is 0 Å². The van der Waals surface area contributed by atoms with Crippen LogP contribution in [-0.4, -0.2) is 32.6 Å². The molecule has 3 aromatic rings. The summed E-state index contributed by atoms with van der Waals surface area (Å²) < 4.78 is 7.13. The highest BCUT2D eigenvalue weighted by Crippen LogP contribution is 2.33. The van der Waals surface area contributed by atoms with Gasteiger partial charge in [-0.05, 0) is 55.0 Å². The molecule has 0 unspecified atom stereocenters. The maximum absolute atomic E-state index is 11.8. The zero-order valence-electron chi connectivity index (χ0n) is 15.8. The van der Waals surface area contributed by atoms with Gasteiger partial charge in [-0.2, -0.15) is 5.10 Å². The highest BCUT2D eigenvalue weighted by atomic mass is 16.5. The average molecular weight is 392 g/mol. The summed E-state index contributed by atoms with van der Waals surface area (Å²) in [7, 11) is 0. The zero-order valence-corrected chi connectivity index (χ0v) is 15.8. The van der Waals surface area contributed by atoms with Crippen molar-refractivity contribution in [3.8, 4) is 28.3 Å². The number of aromatic nitrogens is 2. The normalized spacial score (nSPS) is 13.3. The van der Waals surface area contributed by atoms with Crippen LogP contribution >= 0.6 is 0 Å². The molecule has 0 amide bonds. The number of carboxylic acid groups (broad SMARTS) is 1. The third-order valence-electron chi connectivity index (χ3n) is 4.80. The molecule has 0 bridgehead atoms. The third kappa shape index (κ3) is 3.99. The van der Waals surface area contributed by atoms with E-state index in [-0.39, 0.29) is 0 Å². The molecule has 0 atom stereocenters. The fraction of sp³-hybridized carbons (Fsp3) is 0.227. The van der Waals surface area contributed by atoms with E-state index in [1.54, 1.807) is 12.1 Å². The summed E-state index contributed by atoms with van der Waals surface area (Å²) in [5, 5.41) is 23.1. The molecule has 1 heterocycles. The predicted molar refractivity (Wildman–Crippen MR) is 107 cm³/mol. The van der Waals surface area contributed by atoms with E-state index in [4.69, 9.17) is 4.74 Å². The maximum atomic E-state index is 11.8. The Morgan fingerprint density at radius 1 is 1.24 bits per heavy atom. The first-order chi connectivity index (χ1) is 13.9. The molecule has 1 aliphatic rings. The molecule has 1 saturated carbocycles. The monoisotopic (exact) mass is 392 g/mol. The van der Waals surface area contributed by atoms with E-state index in [9.17, 15) is 19.8 Å². The number of aryl methyl sites for hydroxylation is 1. The Morgan fingerprint density at radius 3 is 2.72 bits per heavy atom. The number of carbonyl (C=O) groups is 1. The molecule has 1 aliphatic carbocycles. The van der Waals surface area contributed by atoms with Gasteiger partial charge in [0.25, 0.3) is 5.43 Å². The molecule has 0 radical (unpaired) electrons. The molecule has 29 heavy (non-hydrogen) atoms. The molecule has 7 nitrogen and oxygen atoms in total. The van der Waals surface area contributed by atoms with Gasteiger partial charge in [-0.3, -0.25) is 4.79 Å². The molecule has 4 rings (SSSR count). The highest BCUT2D eigenvalue weighted by molar-refractivity contribution is 5.85. The number of benzene rings is 2. The minimum atomic E-state index is -1.50. The first-order valence-electron chi connectivity index (χ1n) is 9.33. The van der Waals surface area contributed by atoms with Crippen LogP contribution in [0.4, 0.5) is 0 Å². The van der Waals surface area contributed by atoms with E-state index in [0.717, 1.165) is 28.6 Å². The van der Waals surface area contributed by atoms with Gasteiger partial charge in [-0.1, -0.05) is 24.3 Å². The van der Waals surface area contributed by atoms with Crippen molar-refractivity contribution in [1.82, 2.24) is 9.78 Å². The molecule has 0 spiro atoms. The van der Waals surface area contributed by atoms with Gasteiger partial charge in [0.2, 0.25) is 5.69 Å². The van der Waals surface area contributed by atoms with Crippen molar-refractivity contribution in [1.29, 1.82) is 0 Å². The molecule has 2 aromatic carbocycles. The van der Waals surface area contributed by atoms with Crippen molar-refractivity contribution >= 4 is 5.97 Å². The van der Waals surface area contributed by atoms with Crippen LogP contribution in [0.15, 0.2) is 53.5 Å². The van der Waals surface area contributed by atoms with E-state index < -0.39 is 22.8 Å². The summed E-state index contributed by atoms with van der Waals surface area (Å²) in [6.07, 6.45) is 3.53. The SMILES string of the molecule is Cc1cc(OCC2CC2)cc(-c2ccccc2-n2cc(O)c(=O)c(C(=O)O)n2)c1. The molecule has 7 heteroatoms. The number of aromatic hydroxyl groups is 1. The second-order valence-electron chi connectivity index (χ2n) is 7.25. The standard InChI is InChI=1S/C22H20N2O5/c1-13-8-15(10-16(9-13)29-12-14-6-7-14)17-4-2-3-5-18(17)24-11-19(25)21(26)20(23-24)22(27)28/h2-5,8-11,14,25H,6-7,12H2,1H3,(H,27,28). The van der Waals surface area contributed by atoms with Crippen LogP contribution in [0.3, 0.4) is 0 Å². The predicted octanol–water partition coefficient (Wildman–Crippen LogP) is 3.40. The third-order valence-corrected chi connectivity index (χ3v) is 4.80. The molecule has 1 aromatic heterocycles. The fourth-order valence-corrected chi connectivity index (χ4v) is 3.14. The lowest BCUT2D eigenvalue weighted by molar-refractivity contribution is 0.0686. The Labute approximate surface area is 166 Å². The van der Waals surface area contributed by atoms with Crippen LogP contribution in [0.25, 0.3) is 16.8 Å². The van der Waals surface area contributed by atoms with Gasteiger partial charge in [0.05, 0.1) is 18.5 Å². The summed E-state index contributed by atoms with van der Waals surface area (Å²) in [5.41, 5.74) is 1.42. The van der Waals surface area contributed by atoms with Crippen LogP contribution in [0.5, 0.6) is 11.5 Å². The highest BCUT2D eigenvalue weighted by Gasteiger charge is 2.22. The lowest BCUT2D eigenvalue weighted by atomic mass is 10.0. The Morgan fingerprint density at radius 2 is 2.00 bits per heavy atom. The second-order valence-corrected chi connectivity index (χ2v) is 7.25. The van der Waals surface area contributed by atoms with Crippen LogP contribution in [0, 0.1) is 12.8 Å².